The minimum atomic E-state index is -0.0354. The van der Waals surface area contributed by atoms with Gasteiger partial charge in [-0.2, -0.15) is 0 Å². The summed E-state index contributed by atoms with van der Waals surface area (Å²) in [5.74, 6) is 0. The van der Waals surface area contributed by atoms with Crippen LogP contribution in [0.1, 0.15) is 52.7 Å². The number of nitrogens with one attached hydrogen (secondary N) is 1. The summed E-state index contributed by atoms with van der Waals surface area (Å²) < 4.78 is 0. The third-order valence-electron chi connectivity index (χ3n) is 9.23. The zero-order valence-electron chi connectivity index (χ0n) is 26.8. The molecule has 8 bridgehead atoms. The van der Waals surface area contributed by atoms with Crippen molar-refractivity contribution in [3.8, 4) is 56.2 Å². The molecule has 0 saturated heterocycles. The van der Waals surface area contributed by atoms with Crippen LogP contribution in [-0.2, 0) is 10.8 Å². The summed E-state index contributed by atoms with van der Waals surface area (Å²) in [7, 11) is 0. The normalized spacial score (nSPS) is 12.7. The van der Waals surface area contributed by atoms with Crippen LogP contribution in [0.15, 0.2) is 109 Å². The molecule has 7 aromatic rings. The van der Waals surface area contributed by atoms with Gasteiger partial charge in [0.25, 0.3) is 0 Å². The van der Waals surface area contributed by atoms with Gasteiger partial charge in [0.2, 0.25) is 0 Å². The van der Waals surface area contributed by atoms with Gasteiger partial charge < -0.3 is 4.98 Å². The number of hydrogen-bond acceptors (Lipinski definition) is 2. The highest BCUT2D eigenvalue weighted by molar-refractivity contribution is 6.15. The van der Waals surface area contributed by atoms with Crippen molar-refractivity contribution < 1.29 is 0 Å². The molecular weight excluding hydrogens is 546 g/mol. The molecule has 8 rings (SSSR count). The van der Waals surface area contributed by atoms with Crippen LogP contribution in [0.2, 0.25) is 0 Å². The molecule has 1 N–H and O–H groups in total. The Morgan fingerprint density at radius 3 is 1.33 bits per heavy atom. The lowest BCUT2D eigenvalue weighted by Gasteiger charge is -2.21. The van der Waals surface area contributed by atoms with Crippen LogP contribution >= 0.6 is 0 Å². The Morgan fingerprint density at radius 1 is 0.422 bits per heavy atom. The maximum atomic E-state index is 5.35. The van der Waals surface area contributed by atoms with Gasteiger partial charge in [0.15, 0.2) is 0 Å². The van der Waals surface area contributed by atoms with Gasteiger partial charge in [0.1, 0.15) is 0 Å². The van der Waals surface area contributed by atoms with E-state index in [1.807, 2.05) is 0 Å². The Balaban J connectivity index is 1.55. The van der Waals surface area contributed by atoms with Gasteiger partial charge in [-0.1, -0.05) is 84.0 Å². The number of aromatic amines is 1. The predicted octanol–water partition coefficient (Wildman–Crippen LogP) is 11.4. The fourth-order valence-corrected chi connectivity index (χ4v) is 6.59. The Hall–Kier alpha value is -5.02. The van der Waals surface area contributed by atoms with E-state index in [-0.39, 0.29) is 10.8 Å². The monoisotopic (exact) mass is 583 g/mol. The van der Waals surface area contributed by atoms with Gasteiger partial charge in [-0.25, -0.2) is 9.97 Å². The largest absolute Gasteiger partial charge is 0.353 e. The number of hydrogen-bond donors (Lipinski definition) is 1. The van der Waals surface area contributed by atoms with Crippen LogP contribution in [0.5, 0.6) is 0 Å². The second kappa shape index (κ2) is 9.74. The van der Waals surface area contributed by atoms with Crippen molar-refractivity contribution in [3.63, 3.8) is 0 Å². The maximum Gasteiger partial charge on any atom is 0.0730 e. The Labute approximate surface area is 265 Å². The zero-order valence-corrected chi connectivity index (χ0v) is 26.8. The number of nitrogens with zero attached hydrogens (tertiary/aromatic N) is 2. The first-order chi connectivity index (χ1) is 21.5. The molecule has 3 aromatic heterocycles. The quantitative estimate of drug-likeness (QED) is 0.209. The summed E-state index contributed by atoms with van der Waals surface area (Å²) in [4.78, 5) is 14.6. The van der Waals surface area contributed by atoms with E-state index in [4.69, 9.17) is 9.97 Å². The molecule has 0 aliphatic carbocycles. The highest BCUT2D eigenvalue weighted by Gasteiger charge is 2.24. The predicted molar refractivity (Wildman–Crippen MR) is 190 cm³/mol. The number of rotatable bonds is 1. The van der Waals surface area contributed by atoms with Crippen molar-refractivity contribution in [2.24, 2.45) is 0 Å². The molecule has 3 nitrogen and oxygen atoms in total. The third-order valence-corrected chi connectivity index (χ3v) is 9.23. The zero-order chi connectivity index (χ0) is 31.1. The standard InChI is InChI=1S/C42H37N3/c1-41(2,3)29-21-31-32-22-30(42(4,5)6)24-34-38-17-11-15-36(44-38)28-19-26(25-12-8-7-9-13-25)18-27(20-28)35-14-10-16-37(43-35)33(23-29)39(31)45-40(32)34/h7-24,45H,1-6H3. The lowest BCUT2D eigenvalue weighted by molar-refractivity contribution is 0.590. The lowest BCUT2D eigenvalue weighted by Crippen LogP contribution is -2.11. The molecule has 0 unspecified atom stereocenters. The van der Waals surface area contributed by atoms with Crippen molar-refractivity contribution in [1.29, 1.82) is 0 Å². The first kappa shape index (κ1) is 27.5. The SMILES string of the molecule is CC(C)(C)c1cc2c3[nH]c4c(cc(C(C)(C)C)cc4c3c1)-c1cccc(n1)-c1cc(-c3ccccc3)cc(c1)-c1cccc-2n1. The molecule has 0 saturated carbocycles. The van der Waals surface area contributed by atoms with Crippen molar-refractivity contribution in [1.82, 2.24) is 15.0 Å². The van der Waals surface area contributed by atoms with Gasteiger partial charge in [-0.05, 0) is 99.8 Å². The van der Waals surface area contributed by atoms with Gasteiger partial charge in [-0.15, -0.1) is 0 Å². The minimum Gasteiger partial charge on any atom is -0.353 e. The van der Waals surface area contributed by atoms with E-state index in [9.17, 15) is 0 Å². The number of aromatic nitrogens is 3. The van der Waals surface area contributed by atoms with Crippen molar-refractivity contribution in [2.75, 3.05) is 0 Å². The van der Waals surface area contributed by atoms with E-state index < -0.39 is 0 Å². The minimum absolute atomic E-state index is 0.0354. The topological polar surface area (TPSA) is 41.6 Å². The number of pyridine rings is 2. The van der Waals surface area contributed by atoms with E-state index in [0.29, 0.717) is 0 Å². The number of H-pyrrole nitrogens is 1. The molecule has 3 heteroatoms. The summed E-state index contributed by atoms with van der Waals surface area (Å²) in [6.07, 6.45) is 0. The van der Waals surface area contributed by atoms with Crippen LogP contribution in [-0.4, -0.2) is 15.0 Å². The lowest BCUT2D eigenvalue weighted by atomic mass is 9.83. The first-order valence-electron chi connectivity index (χ1n) is 15.8. The molecule has 0 amide bonds. The van der Waals surface area contributed by atoms with E-state index in [1.165, 1.54) is 27.5 Å². The molecule has 0 spiro atoms. The number of fused-ring (bicyclic) bond motifs is 11. The van der Waals surface area contributed by atoms with Gasteiger partial charge in [0, 0.05) is 33.0 Å². The molecule has 0 atom stereocenters. The van der Waals surface area contributed by atoms with Gasteiger partial charge >= 0.3 is 0 Å². The summed E-state index contributed by atoms with van der Waals surface area (Å²) >= 11 is 0. The van der Waals surface area contributed by atoms with Crippen LogP contribution in [0.25, 0.3) is 78.0 Å². The molecule has 0 radical (unpaired) electrons. The van der Waals surface area contributed by atoms with Crippen molar-refractivity contribution in [2.45, 2.75) is 52.4 Å². The molecule has 1 aliphatic rings. The van der Waals surface area contributed by atoms with Crippen LogP contribution < -0.4 is 0 Å². The Morgan fingerprint density at radius 2 is 0.867 bits per heavy atom. The first-order valence-corrected chi connectivity index (χ1v) is 15.8. The highest BCUT2D eigenvalue weighted by Crippen LogP contribution is 2.43. The van der Waals surface area contributed by atoms with E-state index in [0.717, 1.165) is 61.6 Å². The van der Waals surface area contributed by atoms with E-state index in [2.05, 4.69) is 156 Å². The number of benzene rings is 4. The third kappa shape index (κ3) is 4.66. The molecule has 1 aliphatic heterocycles. The Bertz CT molecular complexity index is 2140. The average molecular weight is 584 g/mol. The smallest absolute Gasteiger partial charge is 0.0730 e. The van der Waals surface area contributed by atoms with Crippen molar-refractivity contribution >= 4 is 21.8 Å². The van der Waals surface area contributed by atoms with E-state index in [1.54, 1.807) is 0 Å². The molecular formula is C42H37N3. The van der Waals surface area contributed by atoms with Crippen LogP contribution in [0.3, 0.4) is 0 Å². The average Bonchev–Trinajstić information content (AvgIpc) is 3.42. The highest BCUT2D eigenvalue weighted by atomic mass is 14.8. The Kier molecular flexibility index (Phi) is 5.96. The van der Waals surface area contributed by atoms with E-state index >= 15 is 0 Å². The molecule has 4 heterocycles. The van der Waals surface area contributed by atoms with Crippen LogP contribution in [0.4, 0.5) is 0 Å². The molecule has 45 heavy (non-hydrogen) atoms. The second-order valence-electron chi connectivity index (χ2n) is 14.5. The summed E-state index contributed by atoms with van der Waals surface area (Å²) in [6, 6.07) is 39.6. The maximum absolute atomic E-state index is 5.35. The van der Waals surface area contributed by atoms with Crippen molar-refractivity contribution in [3.05, 3.63) is 120 Å². The molecule has 220 valence electrons. The summed E-state index contributed by atoms with van der Waals surface area (Å²) in [5.41, 5.74) is 15.3. The van der Waals surface area contributed by atoms with Gasteiger partial charge in [0.05, 0.1) is 33.8 Å². The fraction of sp³-hybridized carbons (Fsp3) is 0.190. The molecule has 4 aromatic carbocycles. The van der Waals surface area contributed by atoms with Crippen LogP contribution in [0, 0.1) is 0 Å². The van der Waals surface area contributed by atoms with Gasteiger partial charge in [-0.3, -0.25) is 0 Å². The summed E-state index contributed by atoms with van der Waals surface area (Å²) in [6.45, 7) is 13.7. The second-order valence-corrected chi connectivity index (χ2v) is 14.5. The fourth-order valence-electron chi connectivity index (χ4n) is 6.59. The summed E-state index contributed by atoms with van der Waals surface area (Å²) in [5, 5.41) is 2.45. The molecule has 0 fully saturated rings.